The maximum absolute atomic E-state index is 13.4. The number of rotatable bonds is 5. The van der Waals surface area contributed by atoms with Crippen molar-refractivity contribution in [2.45, 2.75) is 13.5 Å². The highest BCUT2D eigenvalue weighted by atomic mass is 35.5. The lowest BCUT2D eigenvalue weighted by Crippen LogP contribution is -2.29. The molecule has 21 heavy (non-hydrogen) atoms. The molecule has 0 heterocycles. The van der Waals surface area contributed by atoms with Crippen LogP contribution in [0.25, 0.3) is 0 Å². The summed E-state index contributed by atoms with van der Waals surface area (Å²) in [6, 6.07) is 11.4. The first kappa shape index (κ1) is 15.3. The van der Waals surface area contributed by atoms with E-state index in [0.29, 0.717) is 17.3 Å². The molecule has 0 bridgehead atoms. The van der Waals surface area contributed by atoms with Gasteiger partial charge in [-0.1, -0.05) is 23.7 Å². The van der Waals surface area contributed by atoms with E-state index in [9.17, 15) is 9.18 Å². The molecule has 110 valence electrons. The third-order valence-electron chi connectivity index (χ3n) is 3.17. The van der Waals surface area contributed by atoms with Gasteiger partial charge in [-0.3, -0.25) is 4.79 Å². The van der Waals surface area contributed by atoms with Gasteiger partial charge in [-0.2, -0.15) is 0 Å². The fourth-order valence-electron chi connectivity index (χ4n) is 2.09. The van der Waals surface area contributed by atoms with Gasteiger partial charge >= 0.3 is 5.97 Å². The minimum absolute atomic E-state index is 0.184. The topological polar surface area (TPSA) is 40.5 Å². The van der Waals surface area contributed by atoms with E-state index in [0.717, 1.165) is 11.1 Å². The highest BCUT2D eigenvalue weighted by Gasteiger charge is 2.13. The minimum Gasteiger partial charge on any atom is -0.480 e. The number of carboxylic acid groups (broad SMARTS) is 1. The van der Waals surface area contributed by atoms with Gasteiger partial charge in [-0.25, -0.2) is 4.39 Å². The van der Waals surface area contributed by atoms with Crippen LogP contribution in [-0.2, 0) is 11.3 Å². The molecule has 0 aliphatic heterocycles. The van der Waals surface area contributed by atoms with E-state index in [1.807, 2.05) is 6.92 Å². The van der Waals surface area contributed by atoms with E-state index in [1.165, 1.54) is 12.1 Å². The van der Waals surface area contributed by atoms with Crippen LogP contribution in [0.15, 0.2) is 42.5 Å². The maximum atomic E-state index is 13.4. The molecule has 0 radical (unpaired) electrons. The first-order valence-electron chi connectivity index (χ1n) is 6.43. The summed E-state index contributed by atoms with van der Waals surface area (Å²) in [4.78, 5) is 12.7. The molecule has 2 aromatic carbocycles. The van der Waals surface area contributed by atoms with Crippen LogP contribution < -0.4 is 4.90 Å². The van der Waals surface area contributed by atoms with Gasteiger partial charge in [0.05, 0.1) is 0 Å². The molecule has 0 amide bonds. The number of aryl methyl sites for hydroxylation is 1. The van der Waals surface area contributed by atoms with Gasteiger partial charge in [0.2, 0.25) is 0 Å². The quantitative estimate of drug-likeness (QED) is 0.911. The van der Waals surface area contributed by atoms with E-state index >= 15 is 0 Å². The van der Waals surface area contributed by atoms with E-state index in [2.05, 4.69) is 0 Å². The van der Waals surface area contributed by atoms with Crippen molar-refractivity contribution in [2.24, 2.45) is 0 Å². The number of carboxylic acids is 1. The van der Waals surface area contributed by atoms with Gasteiger partial charge in [0.1, 0.15) is 12.4 Å². The molecule has 0 saturated carbocycles. The van der Waals surface area contributed by atoms with Crippen LogP contribution in [0.2, 0.25) is 5.02 Å². The van der Waals surface area contributed by atoms with Crippen LogP contribution in [0.1, 0.15) is 11.1 Å². The normalized spacial score (nSPS) is 10.4. The van der Waals surface area contributed by atoms with Crippen molar-refractivity contribution < 1.29 is 14.3 Å². The number of hydrogen-bond acceptors (Lipinski definition) is 2. The molecule has 0 fully saturated rings. The molecule has 0 atom stereocenters. The fraction of sp³-hybridized carbons (Fsp3) is 0.188. The number of nitrogens with zero attached hydrogens (tertiary/aromatic N) is 1. The van der Waals surface area contributed by atoms with Gasteiger partial charge in [-0.05, 0) is 48.4 Å². The average Bonchev–Trinajstić information content (AvgIpc) is 2.41. The molecule has 3 nitrogen and oxygen atoms in total. The van der Waals surface area contributed by atoms with Crippen molar-refractivity contribution in [3.05, 3.63) is 64.4 Å². The number of aliphatic carboxylic acids is 1. The standard InChI is InChI=1S/C16H15ClFNO2/c1-11-5-6-14(18)7-12(11)9-19(10-16(20)21)15-4-2-3-13(17)8-15/h2-8H,9-10H2,1H3,(H,20,21). The predicted octanol–water partition coefficient (Wildman–Crippen LogP) is 3.88. The second-order valence-electron chi connectivity index (χ2n) is 4.80. The smallest absolute Gasteiger partial charge is 0.323 e. The van der Waals surface area contributed by atoms with Crippen LogP contribution in [0, 0.1) is 12.7 Å². The third-order valence-corrected chi connectivity index (χ3v) is 3.41. The Balaban J connectivity index is 2.32. The average molecular weight is 308 g/mol. The number of carbonyl (C=O) groups is 1. The van der Waals surface area contributed by atoms with Crippen molar-refractivity contribution >= 4 is 23.3 Å². The summed E-state index contributed by atoms with van der Waals surface area (Å²) >= 11 is 5.95. The Morgan fingerprint density at radius 3 is 2.71 bits per heavy atom. The number of halogens is 2. The van der Waals surface area contributed by atoms with E-state index in [4.69, 9.17) is 16.7 Å². The highest BCUT2D eigenvalue weighted by Crippen LogP contribution is 2.22. The third kappa shape index (κ3) is 4.20. The number of hydrogen-bond donors (Lipinski definition) is 1. The fourth-order valence-corrected chi connectivity index (χ4v) is 2.28. The summed E-state index contributed by atoms with van der Waals surface area (Å²) in [6.45, 7) is 1.98. The van der Waals surface area contributed by atoms with Crippen molar-refractivity contribution in [1.29, 1.82) is 0 Å². The predicted molar refractivity (Wildman–Crippen MR) is 81.3 cm³/mol. The van der Waals surface area contributed by atoms with Crippen molar-refractivity contribution in [1.82, 2.24) is 0 Å². The molecule has 0 saturated heterocycles. The lowest BCUT2D eigenvalue weighted by molar-refractivity contribution is -0.135. The molecular weight excluding hydrogens is 293 g/mol. The summed E-state index contributed by atoms with van der Waals surface area (Å²) in [5, 5.41) is 9.59. The number of anilines is 1. The lowest BCUT2D eigenvalue weighted by Gasteiger charge is -2.24. The molecule has 0 aliphatic carbocycles. The van der Waals surface area contributed by atoms with Crippen LogP contribution in [0.5, 0.6) is 0 Å². The molecule has 0 aliphatic rings. The maximum Gasteiger partial charge on any atom is 0.323 e. The minimum atomic E-state index is -0.955. The Morgan fingerprint density at radius 1 is 1.29 bits per heavy atom. The molecule has 1 N–H and O–H groups in total. The second-order valence-corrected chi connectivity index (χ2v) is 5.24. The number of benzene rings is 2. The second kappa shape index (κ2) is 6.59. The van der Waals surface area contributed by atoms with Gasteiger partial charge in [0.15, 0.2) is 0 Å². The molecule has 0 spiro atoms. The summed E-state index contributed by atoms with van der Waals surface area (Å²) < 4.78 is 13.4. The molecule has 0 unspecified atom stereocenters. The van der Waals surface area contributed by atoms with Gasteiger partial charge in [-0.15, -0.1) is 0 Å². The Bertz CT molecular complexity index is 660. The van der Waals surface area contributed by atoms with E-state index < -0.39 is 5.97 Å². The first-order chi connectivity index (χ1) is 9.95. The summed E-state index contributed by atoms with van der Waals surface area (Å²) in [5.74, 6) is -1.29. The van der Waals surface area contributed by atoms with Gasteiger partial charge < -0.3 is 10.0 Å². The van der Waals surface area contributed by atoms with Crippen molar-refractivity contribution in [3.8, 4) is 0 Å². The van der Waals surface area contributed by atoms with E-state index in [1.54, 1.807) is 35.2 Å². The van der Waals surface area contributed by atoms with Gasteiger partial charge in [0, 0.05) is 17.3 Å². The Hall–Kier alpha value is -2.07. The first-order valence-corrected chi connectivity index (χ1v) is 6.81. The van der Waals surface area contributed by atoms with Gasteiger partial charge in [0.25, 0.3) is 0 Å². The summed E-state index contributed by atoms with van der Waals surface area (Å²) in [5.41, 5.74) is 2.35. The monoisotopic (exact) mass is 307 g/mol. The van der Waals surface area contributed by atoms with Crippen LogP contribution in [-0.4, -0.2) is 17.6 Å². The highest BCUT2D eigenvalue weighted by molar-refractivity contribution is 6.30. The Kier molecular flexibility index (Phi) is 4.81. The van der Waals surface area contributed by atoms with E-state index in [-0.39, 0.29) is 12.4 Å². The molecule has 0 aromatic heterocycles. The zero-order valence-corrected chi connectivity index (χ0v) is 12.3. The SMILES string of the molecule is Cc1ccc(F)cc1CN(CC(=O)O)c1cccc(Cl)c1. The Labute approximate surface area is 127 Å². The van der Waals surface area contributed by atoms with Crippen LogP contribution >= 0.6 is 11.6 Å². The Morgan fingerprint density at radius 2 is 2.05 bits per heavy atom. The largest absolute Gasteiger partial charge is 0.480 e. The molecular formula is C16H15ClFNO2. The zero-order valence-electron chi connectivity index (χ0n) is 11.5. The summed E-state index contributed by atoms with van der Waals surface area (Å²) in [7, 11) is 0. The molecule has 2 aromatic rings. The lowest BCUT2D eigenvalue weighted by atomic mass is 10.1. The zero-order chi connectivity index (χ0) is 15.4. The molecule has 5 heteroatoms. The van der Waals surface area contributed by atoms with Crippen LogP contribution in [0.4, 0.5) is 10.1 Å². The van der Waals surface area contributed by atoms with Crippen molar-refractivity contribution in [3.63, 3.8) is 0 Å². The van der Waals surface area contributed by atoms with Crippen LogP contribution in [0.3, 0.4) is 0 Å². The molecule has 2 rings (SSSR count). The van der Waals surface area contributed by atoms with Crippen molar-refractivity contribution in [2.75, 3.05) is 11.4 Å². The summed E-state index contributed by atoms with van der Waals surface area (Å²) in [6.07, 6.45) is 0.